The molecule has 2 fully saturated rings. The van der Waals surface area contributed by atoms with Gasteiger partial charge in [0, 0.05) is 0 Å². The quantitative estimate of drug-likeness (QED) is 0.781. The van der Waals surface area contributed by atoms with Gasteiger partial charge in [-0.3, -0.25) is 4.79 Å². The van der Waals surface area contributed by atoms with Crippen LogP contribution in [0.5, 0.6) is 0 Å². The fourth-order valence-corrected chi connectivity index (χ4v) is 3.54. The van der Waals surface area contributed by atoms with Crippen molar-refractivity contribution in [2.75, 3.05) is 11.5 Å². The fraction of sp³-hybridized carbons (Fsp3) is 0.909. The highest BCUT2D eigenvalue weighted by molar-refractivity contribution is 7.99. The normalized spacial score (nSPS) is 26.0. The minimum atomic E-state index is -0.550. The third-order valence-corrected chi connectivity index (χ3v) is 4.49. The largest absolute Gasteiger partial charge is 0.481 e. The summed E-state index contributed by atoms with van der Waals surface area (Å²) in [6.07, 6.45) is 5.72. The van der Waals surface area contributed by atoms with Gasteiger partial charge in [0.1, 0.15) is 0 Å². The van der Waals surface area contributed by atoms with Crippen LogP contribution in [0.4, 0.5) is 0 Å². The van der Waals surface area contributed by atoms with Crippen LogP contribution in [0, 0.1) is 17.8 Å². The number of thioether (sulfide) groups is 1. The first kappa shape index (κ1) is 10.3. The summed E-state index contributed by atoms with van der Waals surface area (Å²) in [5, 5.41) is 9.11. The highest BCUT2D eigenvalue weighted by Crippen LogP contribution is 2.41. The zero-order chi connectivity index (χ0) is 9.97. The van der Waals surface area contributed by atoms with E-state index in [0.717, 1.165) is 19.3 Å². The van der Waals surface area contributed by atoms with Crippen molar-refractivity contribution in [3.8, 4) is 0 Å². The van der Waals surface area contributed by atoms with E-state index in [9.17, 15) is 4.79 Å². The maximum atomic E-state index is 11.0. The van der Waals surface area contributed by atoms with Crippen LogP contribution in [0.1, 0.15) is 32.1 Å². The molecule has 0 bridgehead atoms. The lowest BCUT2D eigenvalue weighted by molar-refractivity contribution is -0.143. The standard InChI is InChI=1S/C11H18O2S/c12-11(13)10(9-1-2-9)7-8-3-5-14-6-4-8/h8-10H,1-7H2,(H,12,13). The summed E-state index contributed by atoms with van der Waals surface area (Å²) in [7, 11) is 0. The zero-order valence-electron chi connectivity index (χ0n) is 8.45. The van der Waals surface area contributed by atoms with Crippen molar-refractivity contribution >= 4 is 17.7 Å². The van der Waals surface area contributed by atoms with Gasteiger partial charge in [-0.1, -0.05) is 0 Å². The molecule has 1 saturated heterocycles. The van der Waals surface area contributed by atoms with Crippen molar-refractivity contribution in [1.29, 1.82) is 0 Å². The molecule has 0 radical (unpaired) electrons. The van der Waals surface area contributed by atoms with Crippen LogP contribution in [-0.2, 0) is 4.79 Å². The van der Waals surface area contributed by atoms with Crippen molar-refractivity contribution in [2.45, 2.75) is 32.1 Å². The Morgan fingerprint density at radius 2 is 1.93 bits per heavy atom. The summed E-state index contributed by atoms with van der Waals surface area (Å²) in [6, 6.07) is 0. The molecule has 2 rings (SSSR count). The van der Waals surface area contributed by atoms with Gasteiger partial charge in [0.05, 0.1) is 5.92 Å². The zero-order valence-corrected chi connectivity index (χ0v) is 9.26. The average molecular weight is 214 g/mol. The smallest absolute Gasteiger partial charge is 0.306 e. The molecule has 1 N–H and O–H groups in total. The highest BCUT2D eigenvalue weighted by Gasteiger charge is 2.37. The van der Waals surface area contributed by atoms with Gasteiger partial charge in [-0.15, -0.1) is 0 Å². The van der Waals surface area contributed by atoms with Gasteiger partial charge in [-0.25, -0.2) is 0 Å². The number of carboxylic acids is 1. The van der Waals surface area contributed by atoms with Crippen LogP contribution in [0.25, 0.3) is 0 Å². The van der Waals surface area contributed by atoms with Crippen LogP contribution in [0.3, 0.4) is 0 Å². The van der Waals surface area contributed by atoms with Crippen LogP contribution in [0.2, 0.25) is 0 Å². The SMILES string of the molecule is O=C(O)C(CC1CCSCC1)C1CC1. The molecule has 0 amide bonds. The summed E-state index contributed by atoms with van der Waals surface area (Å²) >= 11 is 2.01. The molecule has 1 unspecified atom stereocenters. The molecular weight excluding hydrogens is 196 g/mol. The lowest BCUT2D eigenvalue weighted by Gasteiger charge is -2.24. The van der Waals surface area contributed by atoms with E-state index in [0.29, 0.717) is 11.8 Å². The van der Waals surface area contributed by atoms with Crippen LogP contribution in [-0.4, -0.2) is 22.6 Å². The Hall–Kier alpha value is -0.180. The van der Waals surface area contributed by atoms with E-state index in [2.05, 4.69) is 0 Å². The van der Waals surface area contributed by atoms with Gasteiger partial charge in [-0.05, 0) is 55.4 Å². The molecule has 2 aliphatic rings. The molecule has 0 aromatic heterocycles. The number of hydrogen-bond acceptors (Lipinski definition) is 2. The Kier molecular flexibility index (Phi) is 3.37. The van der Waals surface area contributed by atoms with Gasteiger partial charge in [0.2, 0.25) is 0 Å². The van der Waals surface area contributed by atoms with Crippen molar-refractivity contribution in [3.63, 3.8) is 0 Å². The molecular formula is C11H18O2S. The molecule has 80 valence electrons. The van der Waals surface area contributed by atoms with Gasteiger partial charge >= 0.3 is 5.97 Å². The summed E-state index contributed by atoms with van der Waals surface area (Å²) in [6.45, 7) is 0. The molecule has 3 heteroatoms. The number of rotatable bonds is 4. The maximum Gasteiger partial charge on any atom is 0.306 e. The summed E-state index contributed by atoms with van der Waals surface area (Å²) < 4.78 is 0. The Labute approximate surface area is 89.5 Å². The number of hydrogen-bond donors (Lipinski definition) is 1. The number of carbonyl (C=O) groups is 1. The molecule has 0 spiro atoms. The van der Waals surface area contributed by atoms with E-state index in [1.165, 1.54) is 24.3 Å². The topological polar surface area (TPSA) is 37.3 Å². The van der Waals surface area contributed by atoms with E-state index < -0.39 is 5.97 Å². The van der Waals surface area contributed by atoms with Crippen LogP contribution < -0.4 is 0 Å². The lowest BCUT2D eigenvalue weighted by atomic mass is 9.87. The van der Waals surface area contributed by atoms with Crippen molar-refractivity contribution in [3.05, 3.63) is 0 Å². The van der Waals surface area contributed by atoms with E-state index in [1.807, 2.05) is 11.8 Å². The second-order valence-electron chi connectivity index (χ2n) is 4.57. The van der Waals surface area contributed by atoms with Crippen LogP contribution >= 0.6 is 11.8 Å². The van der Waals surface area contributed by atoms with E-state index >= 15 is 0 Å². The summed E-state index contributed by atoms with van der Waals surface area (Å²) in [5.41, 5.74) is 0. The highest BCUT2D eigenvalue weighted by atomic mass is 32.2. The number of aliphatic carboxylic acids is 1. The Morgan fingerprint density at radius 3 is 2.43 bits per heavy atom. The molecule has 1 heterocycles. The first-order valence-corrected chi connectivity index (χ1v) is 6.73. The second-order valence-corrected chi connectivity index (χ2v) is 5.80. The molecule has 0 aromatic rings. The predicted octanol–water partition coefficient (Wildman–Crippen LogP) is 2.63. The van der Waals surface area contributed by atoms with E-state index in [4.69, 9.17) is 5.11 Å². The first-order valence-electron chi connectivity index (χ1n) is 5.58. The molecule has 14 heavy (non-hydrogen) atoms. The van der Waals surface area contributed by atoms with Crippen molar-refractivity contribution in [2.24, 2.45) is 17.8 Å². The molecule has 1 saturated carbocycles. The fourth-order valence-electron chi connectivity index (χ4n) is 2.33. The first-order chi connectivity index (χ1) is 6.77. The lowest BCUT2D eigenvalue weighted by Crippen LogP contribution is -2.22. The summed E-state index contributed by atoms with van der Waals surface area (Å²) in [4.78, 5) is 11.0. The van der Waals surface area contributed by atoms with Crippen molar-refractivity contribution < 1.29 is 9.90 Å². The monoisotopic (exact) mass is 214 g/mol. The minimum absolute atomic E-state index is 0.0249. The van der Waals surface area contributed by atoms with Crippen molar-refractivity contribution in [1.82, 2.24) is 0 Å². The Morgan fingerprint density at radius 1 is 1.29 bits per heavy atom. The van der Waals surface area contributed by atoms with Gasteiger partial charge in [0.25, 0.3) is 0 Å². The maximum absolute atomic E-state index is 11.0. The minimum Gasteiger partial charge on any atom is -0.481 e. The van der Waals surface area contributed by atoms with E-state index in [-0.39, 0.29) is 5.92 Å². The molecule has 0 aromatic carbocycles. The third-order valence-electron chi connectivity index (χ3n) is 3.44. The number of carboxylic acid groups (broad SMARTS) is 1. The molecule has 2 nitrogen and oxygen atoms in total. The predicted molar refractivity (Wildman–Crippen MR) is 58.5 cm³/mol. The second kappa shape index (κ2) is 4.56. The molecule has 1 aliphatic heterocycles. The van der Waals surface area contributed by atoms with Gasteiger partial charge in [0.15, 0.2) is 0 Å². The van der Waals surface area contributed by atoms with E-state index in [1.54, 1.807) is 0 Å². The van der Waals surface area contributed by atoms with Gasteiger partial charge in [-0.2, -0.15) is 11.8 Å². The Bertz CT molecular complexity index is 207. The molecule has 1 aliphatic carbocycles. The van der Waals surface area contributed by atoms with Gasteiger partial charge < -0.3 is 5.11 Å². The third kappa shape index (κ3) is 2.66. The molecule has 1 atom stereocenters. The van der Waals surface area contributed by atoms with Crippen LogP contribution in [0.15, 0.2) is 0 Å². The average Bonchev–Trinajstić information content (AvgIpc) is 2.99. The Balaban J connectivity index is 1.82. The summed E-state index contributed by atoms with van der Waals surface area (Å²) in [5.74, 6) is 3.11.